The normalized spacial score (nSPS) is 16.1. The zero-order valence-corrected chi connectivity index (χ0v) is 14.6. The Labute approximate surface area is 153 Å². The predicted octanol–water partition coefficient (Wildman–Crippen LogP) is 2.70. The molecule has 5 nitrogen and oxygen atoms in total. The van der Waals surface area contributed by atoms with Crippen LogP contribution in [0, 0.1) is 0 Å². The summed E-state index contributed by atoms with van der Waals surface area (Å²) in [6, 6.07) is 20.8. The highest BCUT2D eigenvalue weighted by atomic mass is 16.1. The van der Waals surface area contributed by atoms with Crippen molar-refractivity contribution in [3.63, 3.8) is 0 Å². The molecule has 1 unspecified atom stereocenters. The Balaban J connectivity index is 1.37. The monoisotopic (exact) mass is 346 g/mol. The van der Waals surface area contributed by atoms with E-state index in [9.17, 15) is 4.79 Å². The minimum Gasteiger partial charge on any atom is -0.350 e. The summed E-state index contributed by atoms with van der Waals surface area (Å²) in [7, 11) is 0. The fraction of sp³-hybridized carbons (Fsp3) is 0.238. The van der Waals surface area contributed by atoms with E-state index < -0.39 is 0 Å². The van der Waals surface area contributed by atoms with E-state index in [1.54, 1.807) is 0 Å². The van der Waals surface area contributed by atoms with E-state index in [0.717, 1.165) is 18.8 Å². The summed E-state index contributed by atoms with van der Waals surface area (Å²) in [4.78, 5) is 16.9. The van der Waals surface area contributed by atoms with E-state index in [-0.39, 0.29) is 11.9 Å². The summed E-state index contributed by atoms with van der Waals surface area (Å²) in [5.74, 6) is 0.796. The first-order valence-corrected chi connectivity index (χ1v) is 8.96. The molecule has 3 aromatic rings. The molecular formula is C21H22N4O. The summed E-state index contributed by atoms with van der Waals surface area (Å²) in [6.07, 6.45) is 2.68. The van der Waals surface area contributed by atoms with E-state index in [1.165, 1.54) is 11.1 Å². The first-order chi connectivity index (χ1) is 12.8. The third kappa shape index (κ3) is 3.68. The molecule has 1 aliphatic heterocycles. The number of hydrogen-bond acceptors (Lipinski definition) is 3. The first-order valence-electron chi connectivity index (χ1n) is 8.96. The van der Waals surface area contributed by atoms with E-state index in [4.69, 9.17) is 0 Å². The van der Waals surface area contributed by atoms with Crippen molar-refractivity contribution < 1.29 is 4.79 Å². The third-order valence-electron chi connectivity index (χ3n) is 4.72. The molecule has 0 aliphatic carbocycles. The van der Waals surface area contributed by atoms with Gasteiger partial charge in [-0.3, -0.25) is 4.79 Å². The number of aromatic nitrogens is 2. The van der Waals surface area contributed by atoms with Crippen molar-refractivity contribution in [3.8, 4) is 0 Å². The lowest BCUT2D eigenvalue weighted by atomic mass is 10.1. The lowest BCUT2D eigenvalue weighted by molar-refractivity contribution is 0.0949. The third-order valence-corrected chi connectivity index (χ3v) is 4.72. The molecule has 1 amide bonds. The Morgan fingerprint density at radius 1 is 1.12 bits per heavy atom. The van der Waals surface area contributed by atoms with Crippen LogP contribution in [-0.2, 0) is 19.5 Å². The predicted molar refractivity (Wildman–Crippen MR) is 101 cm³/mol. The number of rotatable bonds is 5. The number of amides is 1. The minimum atomic E-state index is -0.112. The molecular weight excluding hydrogens is 324 g/mol. The second-order valence-corrected chi connectivity index (χ2v) is 6.53. The lowest BCUT2D eigenvalue weighted by Crippen LogP contribution is -2.32. The van der Waals surface area contributed by atoms with Crippen molar-refractivity contribution in [1.82, 2.24) is 20.2 Å². The number of fused-ring (bicyclic) bond motifs is 1. The van der Waals surface area contributed by atoms with Gasteiger partial charge in [0.2, 0.25) is 0 Å². The number of carbonyl (C=O) groups excluding carboxylic acids is 1. The lowest BCUT2D eigenvalue weighted by Gasteiger charge is -2.25. The summed E-state index contributed by atoms with van der Waals surface area (Å²) in [6.45, 7) is 2.05. The Kier molecular flexibility index (Phi) is 4.80. The summed E-state index contributed by atoms with van der Waals surface area (Å²) < 4.78 is 2.08. The first kappa shape index (κ1) is 16.5. The van der Waals surface area contributed by atoms with Crippen molar-refractivity contribution in [1.29, 1.82) is 0 Å². The topological polar surface area (TPSA) is 59.0 Å². The van der Waals surface area contributed by atoms with Crippen molar-refractivity contribution >= 4 is 5.91 Å². The Bertz CT molecular complexity index is 874. The van der Waals surface area contributed by atoms with Crippen molar-refractivity contribution in [2.45, 2.75) is 25.6 Å². The van der Waals surface area contributed by atoms with Gasteiger partial charge in [-0.25, -0.2) is 4.98 Å². The molecule has 5 heteroatoms. The number of nitrogens with zero attached hydrogens (tertiary/aromatic N) is 2. The molecule has 4 rings (SSSR count). The zero-order chi connectivity index (χ0) is 17.8. The van der Waals surface area contributed by atoms with Crippen molar-refractivity contribution in [2.75, 3.05) is 6.54 Å². The van der Waals surface area contributed by atoms with Gasteiger partial charge in [-0.2, -0.15) is 0 Å². The van der Waals surface area contributed by atoms with Gasteiger partial charge in [0.05, 0.1) is 12.6 Å². The van der Waals surface area contributed by atoms with Crippen LogP contribution in [0.3, 0.4) is 0 Å². The molecule has 1 aliphatic rings. The molecule has 0 saturated carbocycles. The van der Waals surface area contributed by atoms with Crippen LogP contribution in [0.4, 0.5) is 0 Å². The second-order valence-electron chi connectivity index (χ2n) is 6.53. The van der Waals surface area contributed by atoms with Gasteiger partial charge in [0, 0.05) is 19.3 Å². The Morgan fingerprint density at radius 2 is 1.85 bits per heavy atom. The maximum atomic E-state index is 12.4. The van der Waals surface area contributed by atoms with Gasteiger partial charge in [-0.1, -0.05) is 60.7 Å². The van der Waals surface area contributed by atoms with E-state index in [0.29, 0.717) is 18.8 Å². The highest BCUT2D eigenvalue weighted by Gasteiger charge is 2.22. The molecule has 2 aromatic carbocycles. The molecule has 2 N–H and O–H groups in total. The van der Waals surface area contributed by atoms with Crippen LogP contribution < -0.4 is 10.6 Å². The van der Waals surface area contributed by atoms with E-state index in [1.807, 2.05) is 42.6 Å². The van der Waals surface area contributed by atoms with Gasteiger partial charge in [0.15, 0.2) is 0 Å². The summed E-state index contributed by atoms with van der Waals surface area (Å²) in [5, 5.41) is 6.46. The van der Waals surface area contributed by atoms with Crippen LogP contribution in [0.25, 0.3) is 0 Å². The minimum absolute atomic E-state index is 0.112. The van der Waals surface area contributed by atoms with Crippen LogP contribution >= 0.6 is 0 Å². The van der Waals surface area contributed by atoms with Gasteiger partial charge >= 0.3 is 0 Å². The van der Waals surface area contributed by atoms with Gasteiger partial charge < -0.3 is 15.2 Å². The maximum absolute atomic E-state index is 12.4. The van der Waals surface area contributed by atoms with E-state index in [2.05, 4.69) is 44.5 Å². The highest BCUT2D eigenvalue weighted by Crippen LogP contribution is 2.21. The molecule has 132 valence electrons. The fourth-order valence-electron chi connectivity index (χ4n) is 3.30. The molecule has 26 heavy (non-hydrogen) atoms. The van der Waals surface area contributed by atoms with Crippen molar-refractivity contribution in [2.24, 2.45) is 0 Å². The molecule has 1 atom stereocenters. The fourth-order valence-corrected chi connectivity index (χ4v) is 3.30. The average molecular weight is 346 g/mol. The average Bonchev–Trinajstić information content (AvgIpc) is 3.13. The highest BCUT2D eigenvalue weighted by molar-refractivity contribution is 5.92. The zero-order valence-electron chi connectivity index (χ0n) is 14.6. The largest absolute Gasteiger partial charge is 0.350 e. The number of nitrogens with one attached hydrogen (secondary N) is 2. The maximum Gasteiger partial charge on any atom is 0.271 e. The van der Waals surface area contributed by atoms with Crippen LogP contribution in [0.2, 0.25) is 0 Å². The molecule has 2 heterocycles. The van der Waals surface area contributed by atoms with Gasteiger partial charge in [-0.05, 0) is 17.5 Å². The quantitative estimate of drug-likeness (QED) is 0.747. The molecule has 0 saturated heterocycles. The van der Waals surface area contributed by atoms with Gasteiger partial charge in [-0.15, -0.1) is 0 Å². The molecule has 0 radical (unpaired) electrons. The van der Waals surface area contributed by atoms with Gasteiger partial charge in [0.1, 0.15) is 11.5 Å². The molecule has 0 spiro atoms. The number of benzene rings is 2. The number of carbonyl (C=O) groups is 1. The molecule has 0 bridgehead atoms. The molecule has 0 fully saturated rings. The molecule has 1 aromatic heterocycles. The Morgan fingerprint density at radius 3 is 2.62 bits per heavy atom. The van der Waals surface area contributed by atoms with E-state index >= 15 is 0 Å². The number of hydrogen-bond donors (Lipinski definition) is 2. The van der Waals surface area contributed by atoms with Crippen LogP contribution in [0.1, 0.15) is 33.5 Å². The smallest absolute Gasteiger partial charge is 0.271 e. The summed E-state index contributed by atoms with van der Waals surface area (Å²) >= 11 is 0. The van der Waals surface area contributed by atoms with Crippen LogP contribution in [0.5, 0.6) is 0 Å². The van der Waals surface area contributed by atoms with Crippen LogP contribution in [-0.4, -0.2) is 22.0 Å². The Hall–Kier alpha value is -2.92. The second kappa shape index (κ2) is 7.54. The standard InChI is InChI=1S/C21H22N4O/c26-21(22-12-11-16-7-3-1-4-8-16)19-15-25-14-18(23-13-20(25)24-19)17-9-5-2-6-10-17/h1-10,15,18,23H,11-14H2,(H,22,26). The van der Waals surface area contributed by atoms with Gasteiger partial charge in [0.25, 0.3) is 5.91 Å². The van der Waals surface area contributed by atoms with Crippen molar-refractivity contribution in [3.05, 3.63) is 89.5 Å². The summed E-state index contributed by atoms with van der Waals surface area (Å²) in [5.41, 5.74) is 2.95. The number of imidazole rings is 1. The van der Waals surface area contributed by atoms with Crippen LogP contribution in [0.15, 0.2) is 66.9 Å². The SMILES string of the molecule is O=C(NCCc1ccccc1)c1cn2c(n1)CNC(c1ccccc1)C2.